The number of halogens is 1. The first-order chi connectivity index (χ1) is 8.13. The average molecular weight is 297 g/mol. The molecule has 4 N–H and O–H groups in total. The molecule has 0 fully saturated rings. The van der Waals surface area contributed by atoms with Crippen LogP contribution in [0.25, 0.3) is 5.65 Å². The lowest BCUT2D eigenvalue weighted by atomic mass is 10.1. The van der Waals surface area contributed by atoms with E-state index in [1.165, 1.54) is 12.8 Å². The van der Waals surface area contributed by atoms with E-state index in [0.29, 0.717) is 11.5 Å². The number of aryl methyl sites for hydroxylation is 1. The number of hydrogen-bond donors (Lipinski definition) is 2. The molecule has 0 aliphatic rings. The summed E-state index contributed by atoms with van der Waals surface area (Å²) in [7, 11) is 0. The molecule has 0 aliphatic heterocycles. The highest BCUT2D eigenvalue weighted by molar-refractivity contribution is 9.10. The van der Waals surface area contributed by atoms with Gasteiger partial charge in [0.25, 0.3) is 0 Å². The van der Waals surface area contributed by atoms with Gasteiger partial charge in [0, 0.05) is 10.7 Å². The number of nitrogens with zero attached hydrogens (tertiary/aromatic N) is 2. The third kappa shape index (κ3) is 2.39. The highest BCUT2D eigenvalue weighted by Crippen LogP contribution is 2.24. The SMILES string of the molecule is CCCCCc1nc2c(N)cc(Br)cn2c1N. The summed E-state index contributed by atoms with van der Waals surface area (Å²) in [5.41, 5.74) is 14.3. The molecule has 0 unspecified atom stereocenters. The van der Waals surface area contributed by atoms with Crippen molar-refractivity contribution in [1.82, 2.24) is 9.38 Å². The number of imidazole rings is 1. The number of unbranched alkanes of at least 4 members (excludes halogenated alkanes) is 2. The van der Waals surface area contributed by atoms with Crippen molar-refractivity contribution >= 4 is 33.1 Å². The highest BCUT2D eigenvalue weighted by atomic mass is 79.9. The average Bonchev–Trinajstić information content (AvgIpc) is 2.58. The zero-order chi connectivity index (χ0) is 12.4. The van der Waals surface area contributed by atoms with Gasteiger partial charge in [0.1, 0.15) is 5.82 Å². The molecule has 5 heteroatoms. The molecule has 0 radical (unpaired) electrons. The van der Waals surface area contributed by atoms with Crippen molar-refractivity contribution in [2.24, 2.45) is 0 Å². The first kappa shape index (κ1) is 12.2. The summed E-state index contributed by atoms with van der Waals surface area (Å²) in [5, 5.41) is 0. The van der Waals surface area contributed by atoms with Gasteiger partial charge in [-0.1, -0.05) is 19.8 Å². The van der Waals surface area contributed by atoms with E-state index in [4.69, 9.17) is 11.5 Å². The van der Waals surface area contributed by atoms with E-state index < -0.39 is 0 Å². The molecule has 4 nitrogen and oxygen atoms in total. The Kier molecular flexibility index (Phi) is 3.57. The Bertz CT molecular complexity index is 533. The molecular formula is C12H17BrN4. The molecular weight excluding hydrogens is 280 g/mol. The van der Waals surface area contributed by atoms with Crippen molar-refractivity contribution in [1.29, 1.82) is 0 Å². The van der Waals surface area contributed by atoms with Crippen LogP contribution in [0.3, 0.4) is 0 Å². The maximum absolute atomic E-state index is 6.08. The zero-order valence-electron chi connectivity index (χ0n) is 9.91. The number of fused-ring (bicyclic) bond motifs is 1. The van der Waals surface area contributed by atoms with Crippen LogP contribution >= 0.6 is 15.9 Å². The lowest BCUT2D eigenvalue weighted by molar-refractivity contribution is 0.711. The number of aromatic nitrogens is 2. The lowest BCUT2D eigenvalue weighted by Gasteiger charge is -2.00. The van der Waals surface area contributed by atoms with E-state index >= 15 is 0 Å². The van der Waals surface area contributed by atoms with Crippen LogP contribution in [0.15, 0.2) is 16.7 Å². The quantitative estimate of drug-likeness (QED) is 0.852. The number of hydrogen-bond acceptors (Lipinski definition) is 3. The number of pyridine rings is 1. The van der Waals surface area contributed by atoms with Crippen molar-refractivity contribution in [3.63, 3.8) is 0 Å². The summed E-state index contributed by atoms with van der Waals surface area (Å²) in [4.78, 5) is 4.52. The topological polar surface area (TPSA) is 69.3 Å². The van der Waals surface area contributed by atoms with Crippen LogP contribution in [0.1, 0.15) is 31.9 Å². The molecule has 0 saturated heterocycles. The van der Waals surface area contributed by atoms with Gasteiger partial charge in [0.15, 0.2) is 5.65 Å². The Morgan fingerprint density at radius 1 is 1.35 bits per heavy atom. The van der Waals surface area contributed by atoms with Gasteiger partial charge in [0.2, 0.25) is 0 Å². The van der Waals surface area contributed by atoms with Crippen LogP contribution < -0.4 is 11.5 Å². The van der Waals surface area contributed by atoms with Gasteiger partial charge in [-0.25, -0.2) is 4.98 Å². The fourth-order valence-corrected chi connectivity index (χ4v) is 2.38. The summed E-state index contributed by atoms with van der Waals surface area (Å²) in [6.45, 7) is 2.18. The normalized spacial score (nSPS) is 11.2. The molecule has 0 amide bonds. The molecule has 0 bridgehead atoms. The van der Waals surface area contributed by atoms with Gasteiger partial charge in [-0.3, -0.25) is 4.40 Å². The van der Waals surface area contributed by atoms with Gasteiger partial charge < -0.3 is 11.5 Å². The smallest absolute Gasteiger partial charge is 0.162 e. The summed E-state index contributed by atoms with van der Waals surface area (Å²) >= 11 is 3.41. The Morgan fingerprint density at radius 2 is 2.12 bits per heavy atom. The summed E-state index contributed by atoms with van der Waals surface area (Å²) in [6, 6.07) is 1.84. The Balaban J connectivity index is 2.39. The Morgan fingerprint density at radius 3 is 2.82 bits per heavy atom. The molecule has 92 valence electrons. The van der Waals surface area contributed by atoms with Crippen LogP contribution in [0.5, 0.6) is 0 Å². The molecule has 2 aromatic heterocycles. The highest BCUT2D eigenvalue weighted by Gasteiger charge is 2.11. The largest absolute Gasteiger partial charge is 0.396 e. The zero-order valence-corrected chi connectivity index (χ0v) is 11.5. The number of nitrogen functional groups attached to an aromatic ring is 2. The molecule has 0 saturated carbocycles. The molecule has 0 aliphatic carbocycles. The number of anilines is 2. The van der Waals surface area contributed by atoms with Crippen LogP contribution in [0.4, 0.5) is 11.5 Å². The first-order valence-electron chi connectivity index (χ1n) is 5.85. The monoisotopic (exact) mass is 296 g/mol. The second-order valence-electron chi connectivity index (χ2n) is 4.21. The van der Waals surface area contributed by atoms with Gasteiger partial charge >= 0.3 is 0 Å². The number of nitrogens with two attached hydrogens (primary N) is 2. The van der Waals surface area contributed by atoms with Crippen molar-refractivity contribution in [3.8, 4) is 0 Å². The van der Waals surface area contributed by atoms with E-state index in [0.717, 1.165) is 28.7 Å². The standard InChI is InChI=1S/C12H17BrN4/c1-2-3-4-5-10-11(15)17-7-8(13)6-9(14)12(17)16-10/h6-7H,2-5,14-15H2,1H3. The van der Waals surface area contributed by atoms with Crippen molar-refractivity contribution in [2.45, 2.75) is 32.6 Å². The van der Waals surface area contributed by atoms with Gasteiger partial charge in [-0.15, -0.1) is 0 Å². The van der Waals surface area contributed by atoms with Crippen LogP contribution in [0, 0.1) is 0 Å². The molecule has 0 aromatic carbocycles. The van der Waals surface area contributed by atoms with E-state index in [1.54, 1.807) is 0 Å². The van der Waals surface area contributed by atoms with Gasteiger partial charge in [-0.05, 0) is 34.8 Å². The Hall–Kier alpha value is -1.23. The summed E-state index contributed by atoms with van der Waals surface area (Å²) in [5.74, 6) is 0.698. The Labute approximate surface area is 109 Å². The van der Waals surface area contributed by atoms with Crippen LogP contribution in [-0.2, 0) is 6.42 Å². The van der Waals surface area contributed by atoms with E-state index in [2.05, 4.69) is 27.8 Å². The molecule has 17 heavy (non-hydrogen) atoms. The molecule has 2 aromatic rings. The van der Waals surface area contributed by atoms with Crippen LogP contribution in [-0.4, -0.2) is 9.38 Å². The van der Waals surface area contributed by atoms with Crippen molar-refractivity contribution in [3.05, 3.63) is 22.4 Å². The van der Waals surface area contributed by atoms with Crippen molar-refractivity contribution in [2.75, 3.05) is 11.5 Å². The molecule has 2 rings (SSSR count). The lowest BCUT2D eigenvalue weighted by Crippen LogP contribution is -1.98. The minimum Gasteiger partial charge on any atom is -0.396 e. The van der Waals surface area contributed by atoms with Crippen molar-refractivity contribution < 1.29 is 0 Å². The third-order valence-corrected chi connectivity index (χ3v) is 3.28. The van der Waals surface area contributed by atoms with E-state index in [1.807, 2.05) is 16.7 Å². The second-order valence-corrected chi connectivity index (χ2v) is 5.12. The molecule has 0 spiro atoms. The molecule has 2 heterocycles. The third-order valence-electron chi connectivity index (χ3n) is 2.85. The fourth-order valence-electron chi connectivity index (χ4n) is 1.93. The fraction of sp³-hybridized carbons (Fsp3) is 0.417. The summed E-state index contributed by atoms with van der Waals surface area (Å²) < 4.78 is 2.76. The predicted octanol–water partition coefficient (Wildman–Crippen LogP) is 2.99. The van der Waals surface area contributed by atoms with Gasteiger partial charge in [-0.2, -0.15) is 0 Å². The predicted molar refractivity (Wildman–Crippen MR) is 74.9 cm³/mol. The minimum absolute atomic E-state index is 0.646. The maximum atomic E-state index is 6.08. The van der Waals surface area contributed by atoms with E-state index in [9.17, 15) is 0 Å². The minimum atomic E-state index is 0.646. The maximum Gasteiger partial charge on any atom is 0.162 e. The molecule has 0 atom stereocenters. The number of rotatable bonds is 4. The first-order valence-corrected chi connectivity index (χ1v) is 6.64. The summed E-state index contributed by atoms with van der Waals surface area (Å²) in [6.07, 6.45) is 6.33. The van der Waals surface area contributed by atoms with E-state index in [-0.39, 0.29) is 0 Å². The van der Waals surface area contributed by atoms with Crippen LogP contribution in [0.2, 0.25) is 0 Å². The van der Waals surface area contributed by atoms with Gasteiger partial charge in [0.05, 0.1) is 11.4 Å². The second kappa shape index (κ2) is 4.96.